The summed E-state index contributed by atoms with van der Waals surface area (Å²) < 4.78 is 0. The summed E-state index contributed by atoms with van der Waals surface area (Å²) in [5.41, 5.74) is 0. The zero-order chi connectivity index (χ0) is 12.8. The van der Waals surface area contributed by atoms with E-state index in [-0.39, 0.29) is 5.92 Å². The van der Waals surface area contributed by atoms with E-state index in [9.17, 15) is 4.79 Å². The van der Waals surface area contributed by atoms with Crippen LogP contribution in [0.3, 0.4) is 0 Å². The summed E-state index contributed by atoms with van der Waals surface area (Å²) in [7, 11) is 0. The van der Waals surface area contributed by atoms with Gasteiger partial charge in [0.2, 0.25) is 0 Å². The summed E-state index contributed by atoms with van der Waals surface area (Å²) in [5, 5.41) is 0. The van der Waals surface area contributed by atoms with Crippen molar-refractivity contribution in [1.29, 1.82) is 0 Å². The molecule has 0 saturated heterocycles. The van der Waals surface area contributed by atoms with Crippen LogP contribution >= 0.6 is 0 Å². The number of rotatable bonds is 6. The van der Waals surface area contributed by atoms with Crippen LogP contribution in [0.2, 0.25) is 0 Å². The van der Waals surface area contributed by atoms with Crippen molar-refractivity contribution in [2.24, 2.45) is 23.7 Å². The van der Waals surface area contributed by atoms with E-state index in [4.69, 9.17) is 0 Å². The lowest BCUT2D eigenvalue weighted by molar-refractivity contribution is -0.126. The number of hydrogen-bond acceptors (Lipinski definition) is 1. The Balaban J connectivity index is 2.55. The molecule has 17 heavy (non-hydrogen) atoms. The molecule has 1 saturated carbocycles. The van der Waals surface area contributed by atoms with Gasteiger partial charge < -0.3 is 0 Å². The van der Waals surface area contributed by atoms with Gasteiger partial charge in [-0.2, -0.15) is 0 Å². The summed E-state index contributed by atoms with van der Waals surface area (Å²) >= 11 is 0. The first-order valence-electron chi connectivity index (χ1n) is 7.60. The van der Waals surface area contributed by atoms with E-state index in [0.717, 1.165) is 31.1 Å². The van der Waals surface area contributed by atoms with Gasteiger partial charge >= 0.3 is 0 Å². The van der Waals surface area contributed by atoms with Gasteiger partial charge in [0.25, 0.3) is 0 Å². The predicted octanol–water partition coefficient (Wildman–Crippen LogP) is 4.84. The second-order valence-electron chi connectivity index (χ2n) is 6.30. The Morgan fingerprint density at radius 2 is 1.88 bits per heavy atom. The standard InChI is InChI=1S/C16H30O/c1-5-8-15(16(17)12(2)3)11-14-10-7-6-9-13(14)4/h12-15H,5-11H2,1-4H3. The maximum Gasteiger partial charge on any atom is 0.138 e. The van der Waals surface area contributed by atoms with Crippen LogP contribution < -0.4 is 0 Å². The Hall–Kier alpha value is -0.330. The first kappa shape index (κ1) is 14.7. The molecule has 0 bridgehead atoms. The minimum Gasteiger partial charge on any atom is -0.299 e. The first-order valence-corrected chi connectivity index (χ1v) is 7.60. The van der Waals surface area contributed by atoms with E-state index in [0.29, 0.717) is 11.7 Å². The zero-order valence-electron chi connectivity index (χ0n) is 12.2. The maximum atomic E-state index is 12.2. The van der Waals surface area contributed by atoms with Gasteiger partial charge in [-0.25, -0.2) is 0 Å². The van der Waals surface area contributed by atoms with E-state index >= 15 is 0 Å². The fraction of sp³-hybridized carbons (Fsp3) is 0.938. The van der Waals surface area contributed by atoms with Crippen LogP contribution in [0.4, 0.5) is 0 Å². The zero-order valence-corrected chi connectivity index (χ0v) is 12.2. The fourth-order valence-corrected chi connectivity index (χ4v) is 3.30. The molecule has 1 aliphatic carbocycles. The van der Waals surface area contributed by atoms with Crippen molar-refractivity contribution >= 4 is 5.78 Å². The highest BCUT2D eigenvalue weighted by molar-refractivity contribution is 5.82. The summed E-state index contributed by atoms with van der Waals surface area (Å²) in [6.07, 6.45) is 8.90. The van der Waals surface area contributed by atoms with Crippen LogP contribution in [0.1, 0.15) is 72.6 Å². The smallest absolute Gasteiger partial charge is 0.138 e. The molecule has 0 aromatic heterocycles. The lowest BCUT2D eigenvalue weighted by Crippen LogP contribution is -2.26. The fourth-order valence-electron chi connectivity index (χ4n) is 3.30. The van der Waals surface area contributed by atoms with Crippen molar-refractivity contribution in [2.45, 2.75) is 72.6 Å². The predicted molar refractivity (Wildman–Crippen MR) is 74.0 cm³/mol. The normalized spacial score (nSPS) is 27.1. The van der Waals surface area contributed by atoms with Crippen LogP contribution in [-0.4, -0.2) is 5.78 Å². The lowest BCUT2D eigenvalue weighted by Gasteiger charge is -2.32. The number of carbonyl (C=O) groups is 1. The highest BCUT2D eigenvalue weighted by atomic mass is 16.1. The van der Waals surface area contributed by atoms with Gasteiger partial charge in [0.15, 0.2) is 0 Å². The van der Waals surface area contributed by atoms with Crippen LogP contribution in [0.25, 0.3) is 0 Å². The van der Waals surface area contributed by atoms with Gasteiger partial charge in [0.1, 0.15) is 5.78 Å². The molecule has 0 aliphatic heterocycles. The van der Waals surface area contributed by atoms with Crippen LogP contribution in [0.15, 0.2) is 0 Å². The molecule has 0 aromatic rings. The number of carbonyl (C=O) groups excluding carboxylic acids is 1. The van der Waals surface area contributed by atoms with Crippen molar-refractivity contribution in [3.8, 4) is 0 Å². The molecular formula is C16H30O. The second-order valence-corrected chi connectivity index (χ2v) is 6.30. The van der Waals surface area contributed by atoms with Crippen molar-refractivity contribution in [1.82, 2.24) is 0 Å². The largest absolute Gasteiger partial charge is 0.299 e. The molecule has 1 heteroatoms. The first-order chi connectivity index (χ1) is 8.06. The van der Waals surface area contributed by atoms with Gasteiger partial charge in [-0.15, -0.1) is 0 Å². The topological polar surface area (TPSA) is 17.1 Å². The molecule has 1 rings (SSSR count). The molecule has 1 aliphatic rings. The molecule has 3 unspecified atom stereocenters. The van der Waals surface area contributed by atoms with Gasteiger partial charge in [-0.3, -0.25) is 4.79 Å². The third-order valence-corrected chi connectivity index (χ3v) is 4.48. The SMILES string of the molecule is CCCC(CC1CCCCC1C)C(=O)C(C)C. The molecule has 1 nitrogen and oxygen atoms in total. The van der Waals surface area contributed by atoms with Gasteiger partial charge in [0, 0.05) is 11.8 Å². The summed E-state index contributed by atoms with van der Waals surface area (Å²) in [5.74, 6) is 2.70. The van der Waals surface area contributed by atoms with E-state index < -0.39 is 0 Å². The Morgan fingerprint density at radius 3 is 2.41 bits per heavy atom. The molecule has 0 spiro atoms. The molecule has 3 atom stereocenters. The van der Waals surface area contributed by atoms with E-state index in [1.165, 1.54) is 25.7 Å². The average molecular weight is 238 g/mol. The van der Waals surface area contributed by atoms with Crippen LogP contribution in [0, 0.1) is 23.7 Å². The quantitative estimate of drug-likeness (QED) is 0.647. The third kappa shape index (κ3) is 4.44. The van der Waals surface area contributed by atoms with Crippen molar-refractivity contribution in [3.05, 3.63) is 0 Å². The van der Waals surface area contributed by atoms with Crippen molar-refractivity contribution in [2.75, 3.05) is 0 Å². The van der Waals surface area contributed by atoms with E-state index in [1.54, 1.807) is 0 Å². The summed E-state index contributed by atoms with van der Waals surface area (Å²) in [6, 6.07) is 0. The number of hydrogen-bond donors (Lipinski definition) is 0. The van der Waals surface area contributed by atoms with Gasteiger partial charge in [-0.1, -0.05) is 59.8 Å². The second kappa shape index (κ2) is 7.18. The Kier molecular flexibility index (Phi) is 6.22. The van der Waals surface area contributed by atoms with E-state index in [2.05, 4.69) is 27.7 Å². The molecule has 1 fully saturated rings. The van der Waals surface area contributed by atoms with Gasteiger partial charge in [0.05, 0.1) is 0 Å². The van der Waals surface area contributed by atoms with Crippen LogP contribution in [0.5, 0.6) is 0 Å². The Morgan fingerprint density at radius 1 is 1.24 bits per heavy atom. The molecule has 0 heterocycles. The monoisotopic (exact) mass is 238 g/mol. The average Bonchev–Trinajstić information content (AvgIpc) is 2.30. The summed E-state index contributed by atoms with van der Waals surface area (Å²) in [6.45, 7) is 8.68. The minimum atomic E-state index is 0.213. The molecule has 100 valence electrons. The highest BCUT2D eigenvalue weighted by Gasteiger charge is 2.28. The van der Waals surface area contributed by atoms with Crippen LogP contribution in [-0.2, 0) is 4.79 Å². The lowest BCUT2D eigenvalue weighted by atomic mass is 9.73. The van der Waals surface area contributed by atoms with E-state index in [1.807, 2.05) is 0 Å². The minimum absolute atomic E-state index is 0.213. The Bertz CT molecular complexity index is 232. The van der Waals surface area contributed by atoms with Gasteiger partial charge in [-0.05, 0) is 24.7 Å². The molecule has 0 amide bonds. The highest BCUT2D eigenvalue weighted by Crippen LogP contribution is 2.35. The molecular weight excluding hydrogens is 208 g/mol. The Labute approximate surface area is 107 Å². The maximum absolute atomic E-state index is 12.2. The van der Waals surface area contributed by atoms with Crippen molar-refractivity contribution in [3.63, 3.8) is 0 Å². The van der Waals surface area contributed by atoms with Crippen molar-refractivity contribution < 1.29 is 4.79 Å². The number of ketones is 1. The summed E-state index contributed by atoms with van der Waals surface area (Å²) in [4.78, 5) is 12.2. The molecule has 0 N–H and O–H groups in total. The number of Topliss-reactive ketones (excluding diaryl/α,β-unsaturated/α-hetero) is 1. The third-order valence-electron chi connectivity index (χ3n) is 4.48. The molecule has 0 radical (unpaired) electrons. The molecule has 0 aromatic carbocycles.